The van der Waals surface area contributed by atoms with Crippen LogP contribution in [0.5, 0.6) is 0 Å². The molecule has 0 heterocycles. The second-order valence-corrected chi connectivity index (χ2v) is 5.11. The fraction of sp³-hybridized carbons (Fsp3) is 0.133. The Morgan fingerprint density at radius 2 is 1.71 bits per heavy atom. The Kier molecular flexibility index (Phi) is 5.31. The molecule has 1 amide bonds. The third kappa shape index (κ3) is 4.55. The van der Waals surface area contributed by atoms with Crippen LogP contribution < -0.4 is 10.6 Å². The monoisotopic (exact) mass is 324 g/mol. The molecular weight excluding hydrogens is 311 g/mol. The normalized spacial score (nSPS) is 10.0. The Bertz CT molecular complexity index is 630. The number of hydrogen-bond acceptors (Lipinski definition) is 3. The van der Waals surface area contributed by atoms with Crippen LogP contribution in [0.1, 0.15) is 5.56 Å². The van der Waals surface area contributed by atoms with E-state index in [4.69, 9.17) is 23.2 Å². The van der Waals surface area contributed by atoms with Gasteiger partial charge in [0.1, 0.15) is 0 Å². The Labute approximate surface area is 133 Å². The third-order valence-corrected chi connectivity index (χ3v) is 3.54. The molecule has 110 valence electrons. The van der Waals surface area contributed by atoms with Gasteiger partial charge in [-0.25, -0.2) is 4.79 Å². The van der Waals surface area contributed by atoms with Crippen LogP contribution >= 0.6 is 23.2 Å². The number of anilines is 2. The fourth-order valence-electron chi connectivity index (χ4n) is 1.69. The molecule has 4 nitrogen and oxygen atoms in total. The first kappa shape index (κ1) is 15.5. The van der Waals surface area contributed by atoms with Gasteiger partial charge < -0.3 is 10.1 Å². The Balaban J connectivity index is 1.94. The van der Waals surface area contributed by atoms with Crippen LogP contribution in [0.3, 0.4) is 0 Å². The van der Waals surface area contributed by atoms with Crippen LogP contribution in [0, 0.1) is 0 Å². The summed E-state index contributed by atoms with van der Waals surface area (Å²) in [7, 11) is 1.32. The third-order valence-electron chi connectivity index (χ3n) is 2.80. The Morgan fingerprint density at radius 1 is 1.05 bits per heavy atom. The van der Waals surface area contributed by atoms with Crippen molar-refractivity contribution in [2.75, 3.05) is 17.7 Å². The first-order valence-corrected chi connectivity index (χ1v) is 6.97. The van der Waals surface area contributed by atoms with Gasteiger partial charge in [0.15, 0.2) is 0 Å². The Hall–Kier alpha value is -1.91. The van der Waals surface area contributed by atoms with Gasteiger partial charge in [-0.1, -0.05) is 29.3 Å². The maximum atomic E-state index is 11.1. The minimum Gasteiger partial charge on any atom is -0.453 e. The van der Waals surface area contributed by atoms with Gasteiger partial charge in [0.05, 0.1) is 17.2 Å². The second-order valence-electron chi connectivity index (χ2n) is 4.30. The molecule has 0 radical (unpaired) electrons. The predicted molar refractivity (Wildman–Crippen MR) is 86.3 cm³/mol. The molecule has 0 spiro atoms. The van der Waals surface area contributed by atoms with Crippen molar-refractivity contribution < 1.29 is 9.53 Å². The van der Waals surface area contributed by atoms with Gasteiger partial charge in [-0.05, 0) is 42.0 Å². The number of carbonyl (C=O) groups is 1. The highest BCUT2D eigenvalue weighted by molar-refractivity contribution is 6.42. The van der Waals surface area contributed by atoms with Crippen LogP contribution in [-0.2, 0) is 11.3 Å². The summed E-state index contributed by atoms with van der Waals surface area (Å²) in [6, 6.07) is 12.8. The number of amides is 1. The van der Waals surface area contributed by atoms with Crippen LogP contribution in [0.15, 0.2) is 42.5 Å². The summed E-state index contributed by atoms with van der Waals surface area (Å²) in [6.45, 7) is 0.626. The zero-order valence-corrected chi connectivity index (χ0v) is 12.8. The molecule has 0 bridgehead atoms. The maximum absolute atomic E-state index is 11.1. The van der Waals surface area contributed by atoms with Gasteiger partial charge in [0, 0.05) is 17.9 Å². The molecule has 2 rings (SSSR count). The number of halogens is 2. The van der Waals surface area contributed by atoms with Crippen molar-refractivity contribution in [3.05, 3.63) is 58.1 Å². The van der Waals surface area contributed by atoms with Crippen molar-refractivity contribution in [3.63, 3.8) is 0 Å². The summed E-state index contributed by atoms with van der Waals surface area (Å²) in [5, 5.41) is 6.92. The van der Waals surface area contributed by atoms with E-state index >= 15 is 0 Å². The quantitative estimate of drug-likeness (QED) is 0.850. The van der Waals surface area contributed by atoms with Crippen LogP contribution in [-0.4, -0.2) is 13.2 Å². The minimum atomic E-state index is -0.494. The van der Waals surface area contributed by atoms with Gasteiger partial charge in [-0.3, -0.25) is 5.32 Å². The van der Waals surface area contributed by atoms with Crippen molar-refractivity contribution in [1.29, 1.82) is 0 Å². The molecule has 0 atom stereocenters. The second kappa shape index (κ2) is 7.20. The summed E-state index contributed by atoms with van der Waals surface area (Å²) >= 11 is 11.8. The van der Waals surface area contributed by atoms with E-state index in [2.05, 4.69) is 15.4 Å². The number of nitrogens with one attached hydrogen (secondary N) is 2. The maximum Gasteiger partial charge on any atom is 0.411 e. The molecule has 0 saturated carbocycles. The SMILES string of the molecule is COC(=O)Nc1ccc(NCc2ccc(Cl)c(Cl)c2)cc1. The summed E-state index contributed by atoms with van der Waals surface area (Å²) in [5.74, 6) is 0. The van der Waals surface area contributed by atoms with Crippen molar-refractivity contribution in [2.45, 2.75) is 6.54 Å². The van der Waals surface area contributed by atoms with Gasteiger partial charge in [-0.2, -0.15) is 0 Å². The lowest BCUT2D eigenvalue weighted by Gasteiger charge is -2.09. The lowest BCUT2D eigenvalue weighted by atomic mass is 10.2. The van der Waals surface area contributed by atoms with Crippen LogP contribution in [0.4, 0.5) is 16.2 Å². The first-order valence-electron chi connectivity index (χ1n) is 6.21. The average molecular weight is 325 g/mol. The molecular formula is C15H14Cl2N2O2. The molecule has 2 N–H and O–H groups in total. The van der Waals surface area contributed by atoms with E-state index in [-0.39, 0.29) is 0 Å². The molecule has 21 heavy (non-hydrogen) atoms. The van der Waals surface area contributed by atoms with Crippen LogP contribution in [0.25, 0.3) is 0 Å². The van der Waals surface area contributed by atoms with E-state index in [1.807, 2.05) is 24.3 Å². The number of methoxy groups -OCH3 is 1. The summed E-state index contributed by atoms with van der Waals surface area (Å²) < 4.78 is 4.52. The van der Waals surface area contributed by atoms with Crippen molar-refractivity contribution in [1.82, 2.24) is 0 Å². The zero-order valence-electron chi connectivity index (χ0n) is 11.3. The predicted octanol–water partition coefficient (Wildman–Crippen LogP) is 4.78. The standard InChI is InChI=1S/C15H14Cl2N2O2/c1-21-15(20)19-12-5-3-11(4-6-12)18-9-10-2-7-13(16)14(17)8-10/h2-8,18H,9H2,1H3,(H,19,20). The number of hydrogen-bond donors (Lipinski definition) is 2. The van der Waals surface area contributed by atoms with E-state index in [0.717, 1.165) is 11.3 Å². The highest BCUT2D eigenvalue weighted by Gasteiger charge is 2.02. The van der Waals surface area contributed by atoms with Crippen molar-refractivity contribution in [2.24, 2.45) is 0 Å². The van der Waals surface area contributed by atoms with Gasteiger partial charge in [0.25, 0.3) is 0 Å². The smallest absolute Gasteiger partial charge is 0.411 e. The molecule has 2 aromatic carbocycles. The van der Waals surface area contributed by atoms with Crippen molar-refractivity contribution in [3.8, 4) is 0 Å². The lowest BCUT2D eigenvalue weighted by molar-refractivity contribution is 0.187. The molecule has 2 aromatic rings. The number of benzene rings is 2. The van der Waals surface area contributed by atoms with Crippen LogP contribution in [0.2, 0.25) is 10.0 Å². The first-order chi connectivity index (χ1) is 10.1. The lowest BCUT2D eigenvalue weighted by Crippen LogP contribution is -2.10. The van der Waals surface area contributed by atoms with E-state index in [9.17, 15) is 4.79 Å². The van der Waals surface area contributed by atoms with E-state index in [1.165, 1.54) is 7.11 Å². The fourth-order valence-corrected chi connectivity index (χ4v) is 2.01. The highest BCUT2D eigenvalue weighted by Crippen LogP contribution is 2.23. The molecule has 0 saturated heterocycles. The summed E-state index contributed by atoms with van der Waals surface area (Å²) in [6.07, 6.45) is -0.494. The molecule has 0 aliphatic rings. The molecule has 0 fully saturated rings. The van der Waals surface area contributed by atoms with Crippen molar-refractivity contribution >= 4 is 40.7 Å². The molecule has 0 aromatic heterocycles. The number of carbonyl (C=O) groups excluding carboxylic acids is 1. The molecule has 6 heteroatoms. The number of ether oxygens (including phenoxy) is 1. The van der Waals surface area contributed by atoms with Gasteiger partial charge >= 0.3 is 6.09 Å². The average Bonchev–Trinajstić information content (AvgIpc) is 2.50. The molecule has 0 aliphatic carbocycles. The van der Waals surface area contributed by atoms with Gasteiger partial charge in [0.2, 0.25) is 0 Å². The highest BCUT2D eigenvalue weighted by atomic mass is 35.5. The van der Waals surface area contributed by atoms with E-state index in [0.29, 0.717) is 22.3 Å². The zero-order chi connectivity index (χ0) is 15.2. The molecule has 0 aliphatic heterocycles. The molecule has 0 unspecified atom stereocenters. The van der Waals surface area contributed by atoms with Gasteiger partial charge in [-0.15, -0.1) is 0 Å². The Morgan fingerprint density at radius 3 is 2.33 bits per heavy atom. The van der Waals surface area contributed by atoms with E-state index in [1.54, 1.807) is 18.2 Å². The summed E-state index contributed by atoms with van der Waals surface area (Å²) in [4.78, 5) is 11.1. The minimum absolute atomic E-state index is 0.494. The van der Waals surface area contributed by atoms with E-state index < -0.39 is 6.09 Å². The summed E-state index contributed by atoms with van der Waals surface area (Å²) in [5.41, 5.74) is 2.62. The number of rotatable bonds is 4. The largest absolute Gasteiger partial charge is 0.453 e. The topological polar surface area (TPSA) is 50.4 Å².